The van der Waals surface area contributed by atoms with Gasteiger partial charge >= 0.3 is 0 Å². The number of methoxy groups -OCH3 is 2. The Morgan fingerprint density at radius 2 is 0.678 bits per heavy atom. The van der Waals surface area contributed by atoms with E-state index in [1.165, 1.54) is 35.1 Å². The Morgan fingerprint density at radius 1 is 0.424 bits per heavy atom. The van der Waals surface area contributed by atoms with Crippen molar-refractivity contribution >= 4 is 35.9 Å². The Morgan fingerprint density at radius 3 is 0.966 bits per heavy atom. The normalized spacial score (nSPS) is 12.0. The van der Waals surface area contributed by atoms with Crippen LogP contribution in [0.5, 0.6) is 11.5 Å². The Hall–Kier alpha value is -6.30. The van der Waals surface area contributed by atoms with E-state index < -0.39 is 0 Å². The molecular weight excluding hydrogens is 729 g/mol. The number of rotatable bonds is 14. The van der Waals surface area contributed by atoms with Crippen LogP contribution in [0.25, 0.3) is 24.3 Å². The summed E-state index contributed by atoms with van der Waals surface area (Å²) in [6.07, 6.45) is 14.9. The lowest BCUT2D eigenvalue weighted by atomic mass is 9.99. The van der Waals surface area contributed by atoms with Crippen molar-refractivity contribution in [3.8, 4) is 11.5 Å². The molecule has 1 saturated heterocycles. The van der Waals surface area contributed by atoms with Crippen LogP contribution < -0.4 is 9.47 Å². The fraction of sp³-hybridized carbons (Fsp3) is 0.222. The van der Waals surface area contributed by atoms with Crippen LogP contribution in [-0.2, 0) is 30.4 Å². The summed E-state index contributed by atoms with van der Waals surface area (Å²) in [6.45, 7) is 5.18. The zero-order valence-electron chi connectivity index (χ0n) is 34.9. The van der Waals surface area contributed by atoms with E-state index >= 15 is 0 Å². The molecule has 6 aromatic rings. The number of ether oxygens (including phenoxy) is 3. The Bertz CT molecular complexity index is 2200. The van der Waals surface area contributed by atoms with Crippen LogP contribution in [0.2, 0.25) is 0 Å². The molecule has 0 N–H and O–H groups in total. The van der Waals surface area contributed by atoms with Crippen LogP contribution in [0.1, 0.15) is 91.9 Å². The summed E-state index contributed by atoms with van der Waals surface area (Å²) in [6, 6.07) is 49.1. The number of Topliss-reactive ketones (excluding diaryl/α,β-unsaturated/α-hetero) is 2. The van der Waals surface area contributed by atoms with Crippen molar-refractivity contribution in [2.45, 2.75) is 52.4 Å². The van der Waals surface area contributed by atoms with Crippen LogP contribution in [0.15, 0.2) is 146 Å². The van der Waals surface area contributed by atoms with Gasteiger partial charge < -0.3 is 14.2 Å². The average molecular weight is 785 g/mol. The molecule has 1 fully saturated rings. The number of aryl methyl sites for hydroxylation is 4. The monoisotopic (exact) mass is 784 g/mol. The fourth-order valence-corrected chi connectivity index (χ4v) is 6.31. The van der Waals surface area contributed by atoms with Crippen LogP contribution in [-0.4, -0.2) is 39.0 Å². The predicted molar refractivity (Wildman–Crippen MR) is 244 cm³/mol. The second-order valence-corrected chi connectivity index (χ2v) is 14.5. The van der Waals surface area contributed by atoms with E-state index in [-0.39, 0.29) is 11.6 Å². The van der Waals surface area contributed by atoms with E-state index in [0.29, 0.717) is 0 Å². The summed E-state index contributed by atoms with van der Waals surface area (Å²) in [5, 5.41) is 0. The second kappa shape index (κ2) is 23.8. The first-order chi connectivity index (χ1) is 28.8. The highest BCUT2D eigenvalue weighted by Gasteiger charge is 2.03. The zero-order chi connectivity index (χ0) is 41.7. The summed E-state index contributed by atoms with van der Waals surface area (Å²) in [5.74, 6) is 1.97. The molecule has 302 valence electrons. The van der Waals surface area contributed by atoms with Gasteiger partial charge in [0.2, 0.25) is 0 Å². The van der Waals surface area contributed by atoms with Crippen molar-refractivity contribution in [1.82, 2.24) is 0 Å². The molecule has 0 spiro atoms. The third-order valence-electron chi connectivity index (χ3n) is 10.1. The molecule has 7 rings (SSSR count). The highest BCUT2D eigenvalue weighted by Crippen LogP contribution is 2.18. The van der Waals surface area contributed by atoms with Gasteiger partial charge in [0, 0.05) is 24.3 Å². The van der Waals surface area contributed by atoms with Gasteiger partial charge in [0.25, 0.3) is 0 Å². The number of hydrogen-bond donors (Lipinski definition) is 0. The second-order valence-electron chi connectivity index (χ2n) is 14.5. The van der Waals surface area contributed by atoms with Gasteiger partial charge in [-0.1, -0.05) is 146 Å². The molecule has 0 unspecified atom stereocenters. The van der Waals surface area contributed by atoms with E-state index in [0.717, 1.165) is 83.8 Å². The maximum atomic E-state index is 11.3. The van der Waals surface area contributed by atoms with E-state index in [1.807, 2.05) is 78.9 Å². The Balaban J connectivity index is 0.000000200. The van der Waals surface area contributed by atoms with Crippen molar-refractivity contribution in [2.24, 2.45) is 0 Å². The molecule has 0 amide bonds. The zero-order valence-corrected chi connectivity index (χ0v) is 34.9. The lowest BCUT2D eigenvalue weighted by Crippen LogP contribution is -1.96. The third kappa shape index (κ3) is 15.5. The molecule has 0 bridgehead atoms. The molecule has 59 heavy (non-hydrogen) atoms. The van der Waals surface area contributed by atoms with E-state index in [1.54, 1.807) is 28.1 Å². The van der Waals surface area contributed by atoms with Gasteiger partial charge in [-0.25, -0.2) is 0 Å². The van der Waals surface area contributed by atoms with Crippen molar-refractivity contribution in [3.63, 3.8) is 0 Å². The molecule has 1 heterocycles. The van der Waals surface area contributed by atoms with Crippen molar-refractivity contribution < 1.29 is 23.8 Å². The third-order valence-corrected chi connectivity index (χ3v) is 10.1. The van der Waals surface area contributed by atoms with E-state index in [9.17, 15) is 9.59 Å². The molecule has 0 aromatic heterocycles. The summed E-state index contributed by atoms with van der Waals surface area (Å²) in [5.41, 5.74) is 11.3. The number of ketones is 2. The molecular formula is C54H56O5. The topological polar surface area (TPSA) is 61.8 Å². The lowest BCUT2D eigenvalue weighted by Gasteiger charge is -2.06. The van der Waals surface area contributed by atoms with Crippen molar-refractivity contribution in [3.05, 3.63) is 201 Å². The minimum atomic E-state index is 0.0869. The Kier molecular flexibility index (Phi) is 17.7. The first-order valence-corrected chi connectivity index (χ1v) is 20.4. The van der Waals surface area contributed by atoms with Gasteiger partial charge in [-0.05, 0) is 121 Å². The fourth-order valence-electron chi connectivity index (χ4n) is 6.31. The van der Waals surface area contributed by atoms with Gasteiger partial charge in [-0.2, -0.15) is 0 Å². The van der Waals surface area contributed by atoms with Crippen molar-refractivity contribution in [2.75, 3.05) is 27.4 Å². The lowest BCUT2D eigenvalue weighted by molar-refractivity contribution is 0.100. The SMILES string of the molecule is C1CCOC1.COc1ccc(/C=C/c2ccc(/C=C/c3ccc(C(C)=O)cc3)cc2)cc1.COc1ccc(CCc2ccc(CCc3ccc(C(C)=O)cc3)cc2)cc1. The van der Waals surface area contributed by atoms with Gasteiger partial charge in [-0.15, -0.1) is 0 Å². The minimum Gasteiger partial charge on any atom is -0.497 e. The number of carbonyl (C=O) groups excluding carboxylic acids is 2. The average Bonchev–Trinajstić information content (AvgIpc) is 3.89. The summed E-state index contributed by atoms with van der Waals surface area (Å²) < 4.78 is 15.3. The number of benzene rings is 6. The van der Waals surface area contributed by atoms with Gasteiger partial charge in [0.1, 0.15) is 11.5 Å². The number of carbonyl (C=O) groups is 2. The van der Waals surface area contributed by atoms with Gasteiger partial charge in [-0.3, -0.25) is 9.59 Å². The maximum Gasteiger partial charge on any atom is 0.159 e. The first kappa shape index (κ1) is 43.8. The highest BCUT2D eigenvalue weighted by atomic mass is 16.5. The maximum absolute atomic E-state index is 11.3. The minimum absolute atomic E-state index is 0.0869. The molecule has 6 aromatic carbocycles. The van der Waals surface area contributed by atoms with Gasteiger partial charge in [0.15, 0.2) is 11.6 Å². The Labute approximate surface area is 351 Å². The van der Waals surface area contributed by atoms with Gasteiger partial charge in [0.05, 0.1) is 14.2 Å². The number of hydrogen-bond acceptors (Lipinski definition) is 5. The quantitative estimate of drug-likeness (QED) is 0.0813. The van der Waals surface area contributed by atoms with Crippen LogP contribution in [0.4, 0.5) is 0 Å². The molecule has 5 nitrogen and oxygen atoms in total. The summed E-state index contributed by atoms with van der Waals surface area (Å²) >= 11 is 0. The standard InChI is InChI=1S/C25H26O2.C25H22O2.C4H8O/c2*1-19(26)24-15-11-22(12-16-24)9-7-20-3-5-21(6-4-20)8-10-23-13-17-25(27-2)18-14-23;1-2-4-5-3-1/h3-6,11-18H,7-10H2,1-2H3;3-18H,1-2H3;1-4H2/b;9-7+,10-8+;. The molecule has 5 heteroatoms. The summed E-state index contributed by atoms with van der Waals surface area (Å²) in [4.78, 5) is 22.6. The largest absolute Gasteiger partial charge is 0.497 e. The summed E-state index contributed by atoms with van der Waals surface area (Å²) in [7, 11) is 3.36. The molecule has 0 saturated carbocycles. The van der Waals surface area contributed by atoms with Crippen LogP contribution >= 0.6 is 0 Å². The van der Waals surface area contributed by atoms with Crippen molar-refractivity contribution in [1.29, 1.82) is 0 Å². The molecule has 1 aliphatic heterocycles. The first-order valence-electron chi connectivity index (χ1n) is 20.4. The van der Waals surface area contributed by atoms with E-state index in [4.69, 9.17) is 14.2 Å². The molecule has 0 atom stereocenters. The van der Waals surface area contributed by atoms with Crippen LogP contribution in [0, 0.1) is 0 Å². The smallest absolute Gasteiger partial charge is 0.159 e. The predicted octanol–water partition coefficient (Wildman–Crippen LogP) is 12.5. The van der Waals surface area contributed by atoms with E-state index in [2.05, 4.69) is 91.0 Å². The molecule has 1 aliphatic rings. The van der Waals surface area contributed by atoms with Crippen LogP contribution in [0.3, 0.4) is 0 Å². The molecule has 0 radical (unpaired) electrons. The molecule has 0 aliphatic carbocycles. The highest BCUT2D eigenvalue weighted by molar-refractivity contribution is 5.94.